The number of benzene rings is 2. The van der Waals surface area contributed by atoms with Gasteiger partial charge in [0, 0.05) is 31.1 Å². The fourth-order valence-electron chi connectivity index (χ4n) is 3.49. The van der Waals surface area contributed by atoms with Crippen LogP contribution in [0.2, 0.25) is 0 Å². The van der Waals surface area contributed by atoms with E-state index in [4.69, 9.17) is 0 Å². The first-order valence-corrected chi connectivity index (χ1v) is 8.07. The first-order chi connectivity index (χ1) is 11.7. The Kier molecular flexibility index (Phi) is 3.35. The molecule has 4 rings (SSSR count). The Bertz CT molecular complexity index is 980. The van der Waals surface area contributed by atoms with E-state index in [9.17, 15) is 10.1 Å². The van der Waals surface area contributed by atoms with Crippen LogP contribution in [-0.2, 0) is 6.54 Å². The molecule has 0 bridgehead atoms. The largest absolute Gasteiger partial charge is 0.340 e. The molecule has 1 amide bonds. The molecule has 0 saturated heterocycles. The summed E-state index contributed by atoms with van der Waals surface area (Å²) in [4.78, 5) is 14.4. The highest BCUT2D eigenvalue weighted by Gasteiger charge is 2.24. The Morgan fingerprint density at radius 2 is 1.88 bits per heavy atom. The summed E-state index contributed by atoms with van der Waals surface area (Å²) in [6.07, 6.45) is 0.924. The molecule has 3 aromatic rings. The highest BCUT2D eigenvalue weighted by Crippen LogP contribution is 2.34. The van der Waals surface area contributed by atoms with E-state index in [0.29, 0.717) is 11.3 Å². The number of carbonyl (C=O) groups excluding carboxylic acids is 1. The van der Waals surface area contributed by atoms with Crippen LogP contribution in [0.25, 0.3) is 22.0 Å². The lowest BCUT2D eigenvalue weighted by Gasteiger charge is -2.12. The Balaban J connectivity index is 2.07. The van der Waals surface area contributed by atoms with Crippen molar-refractivity contribution in [2.24, 2.45) is 0 Å². The molecule has 2 heterocycles. The summed E-state index contributed by atoms with van der Waals surface area (Å²) in [6.45, 7) is 1.57. The third-order valence-electron chi connectivity index (χ3n) is 4.65. The van der Waals surface area contributed by atoms with Crippen LogP contribution in [-0.4, -0.2) is 29.0 Å². The van der Waals surface area contributed by atoms with E-state index in [1.54, 1.807) is 4.90 Å². The van der Waals surface area contributed by atoms with E-state index >= 15 is 0 Å². The van der Waals surface area contributed by atoms with Gasteiger partial charge in [-0.15, -0.1) is 0 Å². The molecular formula is C20H17N3O. The number of nitriles is 1. The Labute approximate surface area is 140 Å². The summed E-state index contributed by atoms with van der Waals surface area (Å²) >= 11 is 0. The van der Waals surface area contributed by atoms with E-state index in [0.717, 1.165) is 41.5 Å². The number of nitrogens with zero attached hydrogens (tertiary/aromatic N) is 3. The minimum atomic E-state index is 0.0428. The zero-order valence-electron chi connectivity index (χ0n) is 13.5. The molecule has 118 valence electrons. The van der Waals surface area contributed by atoms with Crippen molar-refractivity contribution in [2.45, 2.75) is 13.0 Å². The molecule has 0 N–H and O–H groups in total. The van der Waals surface area contributed by atoms with Gasteiger partial charge < -0.3 is 9.47 Å². The number of rotatable bonds is 1. The second kappa shape index (κ2) is 5.54. The van der Waals surface area contributed by atoms with Crippen molar-refractivity contribution in [1.82, 2.24) is 9.47 Å². The van der Waals surface area contributed by atoms with Gasteiger partial charge in [0.05, 0.1) is 17.1 Å². The number of hydrogen-bond acceptors (Lipinski definition) is 2. The molecule has 0 atom stereocenters. The number of fused-ring (bicyclic) bond motifs is 3. The maximum absolute atomic E-state index is 12.6. The number of amides is 1. The van der Waals surface area contributed by atoms with Crippen LogP contribution in [0.15, 0.2) is 48.5 Å². The molecule has 1 aliphatic heterocycles. The lowest BCUT2D eigenvalue weighted by molar-refractivity contribution is 0.0797. The van der Waals surface area contributed by atoms with Crippen molar-refractivity contribution >= 4 is 16.8 Å². The highest BCUT2D eigenvalue weighted by molar-refractivity contribution is 6.03. The summed E-state index contributed by atoms with van der Waals surface area (Å²) in [5.74, 6) is 0.0428. The fourth-order valence-corrected chi connectivity index (χ4v) is 3.49. The van der Waals surface area contributed by atoms with E-state index in [1.807, 2.05) is 55.6 Å². The van der Waals surface area contributed by atoms with Crippen molar-refractivity contribution in [3.05, 3.63) is 59.8 Å². The standard InChI is InChI=1S/C20H17N3O/c1-22-8-5-9-23-18(20(22)24)12-16-10-14(13-21)11-17(19(16)23)15-6-3-2-4-7-15/h2-4,6-7,10-12H,5,8-9H2,1H3. The molecule has 0 aliphatic carbocycles. The van der Waals surface area contributed by atoms with Crippen molar-refractivity contribution in [3.63, 3.8) is 0 Å². The van der Waals surface area contributed by atoms with Crippen LogP contribution in [0, 0.1) is 11.3 Å². The number of aromatic nitrogens is 1. The topological polar surface area (TPSA) is 49.0 Å². The molecular weight excluding hydrogens is 298 g/mol. The van der Waals surface area contributed by atoms with Crippen molar-refractivity contribution < 1.29 is 4.79 Å². The first kappa shape index (κ1) is 14.5. The Hall–Kier alpha value is -3.06. The van der Waals surface area contributed by atoms with Gasteiger partial charge in [-0.05, 0) is 30.2 Å². The maximum Gasteiger partial charge on any atom is 0.270 e. The van der Waals surface area contributed by atoms with Gasteiger partial charge in [0.1, 0.15) is 5.69 Å². The third-order valence-corrected chi connectivity index (χ3v) is 4.65. The number of aryl methyl sites for hydroxylation is 1. The molecule has 1 aliphatic rings. The van der Waals surface area contributed by atoms with Gasteiger partial charge in [0.25, 0.3) is 5.91 Å². The summed E-state index contributed by atoms with van der Waals surface area (Å²) in [5, 5.41) is 10.3. The molecule has 1 aromatic heterocycles. The zero-order valence-corrected chi connectivity index (χ0v) is 13.5. The molecule has 4 heteroatoms. The first-order valence-electron chi connectivity index (χ1n) is 8.07. The minimum absolute atomic E-state index is 0.0428. The molecule has 24 heavy (non-hydrogen) atoms. The van der Waals surface area contributed by atoms with Crippen LogP contribution in [0.4, 0.5) is 0 Å². The predicted molar refractivity (Wildman–Crippen MR) is 93.7 cm³/mol. The molecule has 0 radical (unpaired) electrons. The lowest BCUT2D eigenvalue weighted by atomic mass is 10.00. The van der Waals surface area contributed by atoms with Crippen molar-refractivity contribution in [1.29, 1.82) is 5.26 Å². The van der Waals surface area contributed by atoms with Gasteiger partial charge >= 0.3 is 0 Å². The van der Waals surface area contributed by atoms with Gasteiger partial charge in [0.15, 0.2) is 0 Å². The van der Waals surface area contributed by atoms with Gasteiger partial charge in [-0.2, -0.15) is 5.26 Å². The van der Waals surface area contributed by atoms with Crippen molar-refractivity contribution in [2.75, 3.05) is 13.6 Å². The van der Waals surface area contributed by atoms with E-state index in [2.05, 4.69) is 10.6 Å². The third kappa shape index (κ3) is 2.17. The quantitative estimate of drug-likeness (QED) is 0.688. The van der Waals surface area contributed by atoms with E-state index in [1.165, 1.54) is 0 Å². The summed E-state index contributed by atoms with van der Waals surface area (Å²) < 4.78 is 2.12. The van der Waals surface area contributed by atoms with Gasteiger partial charge in [-0.1, -0.05) is 30.3 Å². The summed E-state index contributed by atoms with van der Waals surface area (Å²) in [7, 11) is 1.84. The Morgan fingerprint density at radius 1 is 1.08 bits per heavy atom. The zero-order chi connectivity index (χ0) is 16.7. The van der Waals surface area contributed by atoms with Gasteiger partial charge in [-0.3, -0.25) is 4.79 Å². The van der Waals surface area contributed by atoms with Gasteiger partial charge in [0.2, 0.25) is 0 Å². The van der Waals surface area contributed by atoms with Crippen molar-refractivity contribution in [3.8, 4) is 17.2 Å². The highest BCUT2D eigenvalue weighted by atomic mass is 16.2. The summed E-state index contributed by atoms with van der Waals surface area (Å²) in [6, 6.07) is 18.0. The fraction of sp³-hybridized carbons (Fsp3) is 0.200. The molecule has 2 aromatic carbocycles. The molecule has 0 fully saturated rings. The molecule has 0 unspecified atom stereocenters. The second-order valence-electron chi connectivity index (χ2n) is 6.20. The average molecular weight is 315 g/mol. The molecule has 0 saturated carbocycles. The normalized spacial score (nSPS) is 14.3. The van der Waals surface area contributed by atoms with E-state index in [-0.39, 0.29) is 5.91 Å². The predicted octanol–water partition coefficient (Wildman–Crippen LogP) is 3.66. The van der Waals surface area contributed by atoms with Gasteiger partial charge in [-0.25, -0.2) is 0 Å². The van der Waals surface area contributed by atoms with Crippen LogP contribution in [0.3, 0.4) is 0 Å². The number of carbonyl (C=O) groups is 1. The monoisotopic (exact) mass is 315 g/mol. The lowest BCUT2D eigenvalue weighted by Crippen LogP contribution is -2.26. The Morgan fingerprint density at radius 3 is 2.62 bits per heavy atom. The minimum Gasteiger partial charge on any atom is -0.340 e. The van der Waals surface area contributed by atoms with Crippen LogP contribution in [0.5, 0.6) is 0 Å². The SMILES string of the molecule is CN1CCCn2c(cc3cc(C#N)cc(-c4ccccc4)c32)C1=O. The van der Waals surface area contributed by atoms with Crippen LogP contribution in [0.1, 0.15) is 22.5 Å². The smallest absolute Gasteiger partial charge is 0.270 e. The molecule has 4 nitrogen and oxygen atoms in total. The average Bonchev–Trinajstić information content (AvgIpc) is 2.93. The summed E-state index contributed by atoms with van der Waals surface area (Å²) in [5.41, 5.74) is 4.43. The van der Waals surface area contributed by atoms with Crippen LogP contribution >= 0.6 is 0 Å². The van der Waals surface area contributed by atoms with Crippen LogP contribution < -0.4 is 0 Å². The second-order valence-corrected chi connectivity index (χ2v) is 6.20. The number of hydrogen-bond donors (Lipinski definition) is 0. The maximum atomic E-state index is 12.6. The van der Waals surface area contributed by atoms with E-state index < -0.39 is 0 Å². The molecule has 0 spiro atoms.